The first-order valence-electron chi connectivity index (χ1n) is 9.79. The molecule has 0 aliphatic heterocycles. The predicted molar refractivity (Wildman–Crippen MR) is 113 cm³/mol. The van der Waals surface area contributed by atoms with Gasteiger partial charge in [-0.05, 0) is 25.0 Å². The lowest BCUT2D eigenvalue weighted by Gasteiger charge is -2.16. The molecule has 0 spiro atoms. The van der Waals surface area contributed by atoms with Crippen molar-refractivity contribution in [1.29, 1.82) is 0 Å². The van der Waals surface area contributed by atoms with Gasteiger partial charge in [-0.15, -0.1) is 16.8 Å². The summed E-state index contributed by atoms with van der Waals surface area (Å²) in [5.41, 5.74) is 0.744. The minimum atomic E-state index is -0.438. The smallest absolute Gasteiger partial charge is 0.269 e. The molecule has 0 unspecified atom stereocenters. The monoisotopic (exact) mass is 415 g/mol. The Labute approximate surface area is 173 Å². The zero-order chi connectivity index (χ0) is 20.6. The summed E-state index contributed by atoms with van der Waals surface area (Å²) < 4.78 is 1.86. The first-order chi connectivity index (χ1) is 14.1. The van der Waals surface area contributed by atoms with Crippen molar-refractivity contribution >= 4 is 23.4 Å². The molecule has 1 amide bonds. The zero-order valence-electron chi connectivity index (χ0n) is 16.2. The van der Waals surface area contributed by atoms with Crippen LogP contribution in [0.1, 0.15) is 38.5 Å². The molecule has 2 aromatic rings. The van der Waals surface area contributed by atoms with Crippen LogP contribution in [0.5, 0.6) is 0 Å². The third-order valence-electron chi connectivity index (χ3n) is 4.92. The van der Waals surface area contributed by atoms with Crippen LogP contribution >= 0.6 is 11.8 Å². The van der Waals surface area contributed by atoms with Crippen LogP contribution < -0.4 is 5.32 Å². The average molecular weight is 416 g/mol. The Bertz CT molecular complexity index is 858. The molecule has 9 heteroatoms. The van der Waals surface area contributed by atoms with Gasteiger partial charge in [0, 0.05) is 30.3 Å². The Morgan fingerprint density at radius 1 is 1.24 bits per heavy atom. The minimum Gasteiger partial charge on any atom is -0.353 e. The summed E-state index contributed by atoms with van der Waals surface area (Å²) in [7, 11) is 0. The molecule has 1 saturated carbocycles. The molecule has 1 fully saturated rings. The Kier molecular flexibility index (Phi) is 7.40. The number of nitrogens with zero attached hydrogens (tertiary/aromatic N) is 4. The standard InChI is InChI=1S/C20H25N5O3S/c1-2-13-24-19(15-9-11-17(12-10-15)25(27)28)22-23-20(24)29-14-18(26)21-16-7-5-3-4-6-8-16/h2,9-12,16H,1,3-8,13-14H2,(H,21,26). The number of carbonyl (C=O) groups excluding carboxylic acids is 1. The highest BCUT2D eigenvalue weighted by atomic mass is 32.2. The number of nitro benzene ring substituents is 1. The highest BCUT2D eigenvalue weighted by Crippen LogP contribution is 2.26. The van der Waals surface area contributed by atoms with Gasteiger partial charge in [-0.1, -0.05) is 43.5 Å². The van der Waals surface area contributed by atoms with Crippen molar-refractivity contribution in [2.24, 2.45) is 0 Å². The topological polar surface area (TPSA) is 103 Å². The van der Waals surface area contributed by atoms with E-state index in [1.54, 1.807) is 18.2 Å². The normalized spacial score (nSPS) is 14.9. The van der Waals surface area contributed by atoms with Gasteiger partial charge in [0.2, 0.25) is 5.91 Å². The number of carbonyl (C=O) groups is 1. The minimum absolute atomic E-state index is 0.00642. The number of nitrogens with one attached hydrogen (secondary N) is 1. The lowest BCUT2D eigenvalue weighted by atomic mass is 10.1. The van der Waals surface area contributed by atoms with Crippen molar-refractivity contribution in [1.82, 2.24) is 20.1 Å². The largest absolute Gasteiger partial charge is 0.353 e. The SMILES string of the molecule is C=CCn1c(SCC(=O)NC2CCCCCC2)nnc1-c1ccc([N+](=O)[O-])cc1. The summed E-state index contributed by atoms with van der Waals surface area (Å²) in [5.74, 6) is 0.866. The maximum Gasteiger partial charge on any atom is 0.269 e. The van der Waals surface area contributed by atoms with E-state index < -0.39 is 4.92 Å². The van der Waals surface area contributed by atoms with Gasteiger partial charge in [-0.2, -0.15) is 0 Å². The van der Waals surface area contributed by atoms with Crippen LogP contribution in [0.4, 0.5) is 5.69 Å². The third kappa shape index (κ3) is 5.66. The van der Waals surface area contributed by atoms with Crippen molar-refractivity contribution in [2.45, 2.75) is 56.3 Å². The number of hydrogen-bond donors (Lipinski definition) is 1. The van der Waals surface area contributed by atoms with Crippen LogP contribution in [0.15, 0.2) is 42.1 Å². The van der Waals surface area contributed by atoms with Gasteiger partial charge >= 0.3 is 0 Å². The molecule has 0 atom stereocenters. The number of rotatable bonds is 8. The second-order valence-electron chi connectivity index (χ2n) is 7.05. The van der Waals surface area contributed by atoms with Crippen LogP contribution in [0.2, 0.25) is 0 Å². The van der Waals surface area contributed by atoms with Crippen molar-refractivity contribution in [3.63, 3.8) is 0 Å². The lowest BCUT2D eigenvalue weighted by molar-refractivity contribution is -0.384. The van der Waals surface area contributed by atoms with Crippen molar-refractivity contribution in [2.75, 3.05) is 5.75 Å². The molecule has 3 rings (SSSR count). The average Bonchev–Trinajstić information content (AvgIpc) is 2.93. The molecule has 1 aromatic carbocycles. The quantitative estimate of drug-likeness (QED) is 0.230. The fourth-order valence-corrected chi connectivity index (χ4v) is 4.22. The van der Waals surface area contributed by atoms with E-state index in [1.165, 1.54) is 49.6 Å². The van der Waals surface area contributed by atoms with Gasteiger partial charge in [0.1, 0.15) is 0 Å². The first-order valence-corrected chi connectivity index (χ1v) is 10.8. The highest BCUT2D eigenvalue weighted by Gasteiger charge is 2.18. The molecule has 29 heavy (non-hydrogen) atoms. The van der Waals surface area contributed by atoms with Gasteiger partial charge in [-0.25, -0.2) is 0 Å². The number of benzene rings is 1. The summed E-state index contributed by atoms with van der Waals surface area (Å²) in [6.07, 6.45) is 8.66. The maximum absolute atomic E-state index is 12.4. The van der Waals surface area contributed by atoms with Crippen LogP contribution in [0, 0.1) is 10.1 Å². The number of thioether (sulfide) groups is 1. The Morgan fingerprint density at radius 3 is 2.55 bits per heavy atom. The molecular formula is C20H25N5O3S. The van der Waals surface area contributed by atoms with Crippen LogP contribution in [0.25, 0.3) is 11.4 Å². The van der Waals surface area contributed by atoms with Gasteiger partial charge in [0.15, 0.2) is 11.0 Å². The van der Waals surface area contributed by atoms with Crippen molar-refractivity contribution < 1.29 is 9.72 Å². The predicted octanol–water partition coefficient (Wildman–Crippen LogP) is 3.97. The third-order valence-corrected chi connectivity index (χ3v) is 5.88. The molecular weight excluding hydrogens is 390 g/mol. The molecule has 1 heterocycles. The Hall–Kier alpha value is -2.68. The van der Waals surface area contributed by atoms with Crippen LogP contribution in [0.3, 0.4) is 0 Å². The Balaban J connectivity index is 1.67. The number of allylic oxidation sites excluding steroid dienone is 1. The number of hydrogen-bond acceptors (Lipinski definition) is 6. The molecule has 1 aliphatic rings. The van der Waals surface area contributed by atoms with Crippen molar-refractivity contribution in [3.8, 4) is 11.4 Å². The molecule has 0 radical (unpaired) electrons. The second-order valence-corrected chi connectivity index (χ2v) is 8.00. The van der Waals surface area contributed by atoms with Crippen molar-refractivity contribution in [3.05, 3.63) is 47.0 Å². The number of amides is 1. The second kappa shape index (κ2) is 10.2. The first kappa shape index (κ1) is 21.0. The fraction of sp³-hybridized carbons (Fsp3) is 0.450. The van der Waals surface area contributed by atoms with E-state index in [9.17, 15) is 14.9 Å². The van der Waals surface area contributed by atoms with Gasteiger partial charge < -0.3 is 5.32 Å². The number of non-ortho nitro benzene ring substituents is 1. The van der Waals surface area contributed by atoms with E-state index >= 15 is 0 Å². The van der Waals surface area contributed by atoms with Crippen LogP contribution in [-0.4, -0.2) is 37.4 Å². The maximum atomic E-state index is 12.4. The van der Waals surface area contributed by atoms with Gasteiger partial charge in [0.05, 0.1) is 10.7 Å². The molecule has 8 nitrogen and oxygen atoms in total. The summed E-state index contributed by atoms with van der Waals surface area (Å²) >= 11 is 1.33. The highest BCUT2D eigenvalue weighted by molar-refractivity contribution is 7.99. The number of nitro groups is 1. The summed E-state index contributed by atoms with van der Waals surface area (Å²) in [4.78, 5) is 22.8. The van der Waals surface area contributed by atoms with E-state index in [1.807, 2.05) is 4.57 Å². The molecule has 154 valence electrons. The number of aromatic nitrogens is 3. The van der Waals surface area contributed by atoms with E-state index in [-0.39, 0.29) is 23.4 Å². The summed E-state index contributed by atoms with van der Waals surface area (Å²) in [5, 5.41) is 23.1. The van der Waals surface area contributed by atoms with Gasteiger partial charge in [0.25, 0.3) is 5.69 Å². The van der Waals surface area contributed by atoms with E-state index in [0.29, 0.717) is 17.5 Å². The lowest BCUT2D eigenvalue weighted by Crippen LogP contribution is -2.35. The molecule has 0 saturated heterocycles. The fourth-order valence-electron chi connectivity index (χ4n) is 3.46. The van der Waals surface area contributed by atoms with Crippen LogP contribution in [-0.2, 0) is 11.3 Å². The molecule has 1 aromatic heterocycles. The molecule has 1 aliphatic carbocycles. The van der Waals surface area contributed by atoms with E-state index in [2.05, 4.69) is 22.1 Å². The molecule has 1 N–H and O–H groups in total. The zero-order valence-corrected chi connectivity index (χ0v) is 17.1. The Morgan fingerprint density at radius 2 is 1.93 bits per heavy atom. The summed E-state index contributed by atoms with van der Waals surface area (Å²) in [6.45, 7) is 4.25. The van der Waals surface area contributed by atoms with E-state index in [4.69, 9.17) is 0 Å². The summed E-state index contributed by atoms with van der Waals surface area (Å²) in [6, 6.07) is 6.45. The van der Waals surface area contributed by atoms with Gasteiger partial charge in [-0.3, -0.25) is 19.5 Å². The van der Waals surface area contributed by atoms with E-state index in [0.717, 1.165) is 18.4 Å². The molecule has 0 bridgehead atoms.